The van der Waals surface area contributed by atoms with Gasteiger partial charge in [-0.1, -0.05) is 30.3 Å². The van der Waals surface area contributed by atoms with Crippen molar-refractivity contribution in [2.24, 2.45) is 5.92 Å². The van der Waals surface area contributed by atoms with Crippen molar-refractivity contribution >= 4 is 11.8 Å². The quantitative estimate of drug-likeness (QED) is 0.862. The first-order valence-electron chi connectivity index (χ1n) is 9.59. The Hall–Kier alpha value is -2.60. The third-order valence-electron chi connectivity index (χ3n) is 5.61. The lowest BCUT2D eigenvalue weighted by atomic mass is 9.81. The topological polar surface area (TPSA) is 74.6 Å². The van der Waals surface area contributed by atoms with E-state index in [1.165, 1.54) is 0 Å². The van der Waals surface area contributed by atoms with Crippen LogP contribution in [0.15, 0.2) is 42.5 Å². The highest BCUT2D eigenvalue weighted by Crippen LogP contribution is 2.29. The second kappa shape index (κ2) is 7.56. The van der Waals surface area contributed by atoms with Gasteiger partial charge in [0.25, 0.3) is 5.91 Å². The van der Waals surface area contributed by atoms with E-state index in [0.29, 0.717) is 44.7 Å². The third kappa shape index (κ3) is 3.76. The molecule has 6 heteroatoms. The number of nitrogens with one attached hydrogen (secondary N) is 1. The van der Waals surface area contributed by atoms with Gasteiger partial charge in [0, 0.05) is 44.2 Å². The molecule has 1 aromatic heterocycles. The molecule has 1 aliphatic heterocycles. The van der Waals surface area contributed by atoms with Crippen molar-refractivity contribution in [3.8, 4) is 0 Å². The number of rotatable bonds is 4. The van der Waals surface area contributed by atoms with Crippen LogP contribution in [-0.4, -0.2) is 45.6 Å². The Bertz CT molecular complexity index is 824. The van der Waals surface area contributed by atoms with Crippen molar-refractivity contribution in [1.29, 1.82) is 0 Å². The zero-order chi connectivity index (χ0) is 18.8. The molecule has 0 spiro atoms. The largest absolute Gasteiger partial charge is 0.393 e. The molecule has 0 unspecified atom stereocenters. The van der Waals surface area contributed by atoms with Gasteiger partial charge in [0.2, 0.25) is 5.91 Å². The molecule has 2 aliphatic rings. The predicted octanol–water partition coefficient (Wildman–Crippen LogP) is 1.57. The van der Waals surface area contributed by atoms with Crippen molar-refractivity contribution in [2.75, 3.05) is 13.1 Å². The fraction of sp³-hybridized carbons (Fsp3) is 0.429. The first kappa shape index (κ1) is 17.8. The van der Waals surface area contributed by atoms with Crippen LogP contribution in [0.2, 0.25) is 0 Å². The molecule has 2 aromatic rings. The van der Waals surface area contributed by atoms with Crippen molar-refractivity contribution in [3.05, 3.63) is 59.4 Å². The zero-order valence-electron chi connectivity index (χ0n) is 15.3. The number of fused-ring (bicyclic) bond motifs is 1. The molecule has 2 N–H and O–H groups in total. The molecular formula is C21H25N3O3. The molecule has 1 aliphatic carbocycles. The summed E-state index contributed by atoms with van der Waals surface area (Å²) in [5.41, 5.74) is 2.80. The summed E-state index contributed by atoms with van der Waals surface area (Å²) in [6, 6.07) is 13.7. The lowest BCUT2D eigenvalue weighted by molar-refractivity contribution is -0.142. The Morgan fingerprint density at radius 3 is 2.56 bits per heavy atom. The molecular weight excluding hydrogens is 342 g/mol. The Balaban J connectivity index is 1.39. The predicted molar refractivity (Wildman–Crippen MR) is 101 cm³/mol. The molecule has 142 valence electrons. The van der Waals surface area contributed by atoms with E-state index < -0.39 is 0 Å². The van der Waals surface area contributed by atoms with Gasteiger partial charge in [0.1, 0.15) is 5.69 Å². The Labute approximate surface area is 158 Å². The van der Waals surface area contributed by atoms with Crippen molar-refractivity contribution in [1.82, 2.24) is 14.8 Å². The van der Waals surface area contributed by atoms with Crippen LogP contribution >= 0.6 is 0 Å². The molecule has 0 radical (unpaired) electrons. The van der Waals surface area contributed by atoms with Gasteiger partial charge in [-0.25, -0.2) is 0 Å². The number of benzene rings is 1. The van der Waals surface area contributed by atoms with Gasteiger partial charge >= 0.3 is 0 Å². The number of aromatic nitrogens is 1. The lowest BCUT2D eigenvalue weighted by Gasteiger charge is -2.34. The maximum Gasteiger partial charge on any atom is 0.268 e. The van der Waals surface area contributed by atoms with Gasteiger partial charge in [0.05, 0.1) is 6.10 Å². The van der Waals surface area contributed by atoms with E-state index >= 15 is 0 Å². The summed E-state index contributed by atoms with van der Waals surface area (Å²) in [5.74, 6) is 0.0132. The van der Waals surface area contributed by atoms with Crippen LogP contribution in [0.4, 0.5) is 0 Å². The number of aliphatic hydroxyl groups is 1. The van der Waals surface area contributed by atoms with Gasteiger partial charge in [-0.3, -0.25) is 9.59 Å². The van der Waals surface area contributed by atoms with Crippen molar-refractivity contribution in [3.63, 3.8) is 0 Å². The first-order chi connectivity index (χ1) is 13.1. The fourth-order valence-corrected chi connectivity index (χ4v) is 3.91. The minimum atomic E-state index is -0.320. The minimum Gasteiger partial charge on any atom is -0.393 e. The zero-order valence-corrected chi connectivity index (χ0v) is 15.3. The number of carbonyl (C=O) groups excluding carboxylic acids is 2. The monoisotopic (exact) mass is 367 g/mol. The van der Waals surface area contributed by atoms with Crippen LogP contribution in [0.5, 0.6) is 0 Å². The molecule has 1 aromatic carbocycles. The van der Waals surface area contributed by atoms with Gasteiger partial charge in [-0.15, -0.1) is 0 Å². The van der Waals surface area contributed by atoms with E-state index in [1.54, 1.807) is 0 Å². The Morgan fingerprint density at radius 2 is 1.81 bits per heavy atom. The average Bonchev–Trinajstić information content (AvgIpc) is 2.95. The summed E-state index contributed by atoms with van der Waals surface area (Å²) >= 11 is 0. The van der Waals surface area contributed by atoms with Crippen LogP contribution in [-0.2, 0) is 24.3 Å². The maximum absolute atomic E-state index is 12.6. The Kier molecular flexibility index (Phi) is 4.99. The minimum absolute atomic E-state index is 0.0360. The average molecular weight is 367 g/mol. The highest BCUT2D eigenvalue weighted by molar-refractivity contribution is 5.93. The molecule has 1 saturated carbocycles. The number of carbonyl (C=O) groups is 2. The van der Waals surface area contributed by atoms with Crippen molar-refractivity contribution in [2.45, 2.75) is 38.5 Å². The molecule has 27 heavy (non-hydrogen) atoms. The summed E-state index contributed by atoms with van der Waals surface area (Å²) in [4.78, 5) is 27.1. The maximum atomic E-state index is 12.6. The fourth-order valence-electron chi connectivity index (χ4n) is 3.91. The normalized spacial score (nSPS) is 21.7. The summed E-state index contributed by atoms with van der Waals surface area (Å²) in [7, 11) is 0. The van der Waals surface area contributed by atoms with Gasteiger partial charge in [0.15, 0.2) is 0 Å². The van der Waals surface area contributed by atoms with Gasteiger partial charge < -0.3 is 19.9 Å². The summed E-state index contributed by atoms with van der Waals surface area (Å²) in [6.07, 6.45) is 1.58. The van der Waals surface area contributed by atoms with Crippen molar-refractivity contribution < 1.29 is 14.7 Å². The smallest absolute Gasteiger partial charge is 0.268 e. The summed E-state index contributed by atoms with van der Waals surface area (Å²) in [6.45, 7) is 2.39. The Morgan fingerprint density at radius 1 is 1.04 bits per heavy atom. The highest BCUT2D eigenvalue weighted by atomic mass is 16.3. The molecule has 0 bridgehead atoms. The molecule has 6 nitrogen and oxygen atoms in total. The molecule has 0 saturated heterocycles. The van der Waals surface area contributed by atoms with E-state index in [2.05, 4.69) is 5.32 Å². The number of hydrogen-bond donors (Lipinski definition) is 2. The van der Waals surface area contributed by atoms with Crippen LogP contribution in [0.25, 0.3) is 0 Å². The van der Waals surface area contributed by atoms with Crippen LogP contribution in [0.1, 0.15) is 34.6 Å². The molecule has 2 heterocycles. The SMILES string of the molecule is O=C(NCc1ccccc1)c1ccc2n1CCN(C(=O)C1CC(O)C1)CC2. The highest BCUT2D eigenvalue weighted by Gasteiger charge is 2.36. The van der Waals surface area contributed by atoms with E-state index in [-0.39, 0.29) is 23.8 Å². The molecule has 1 fully saturated rings. The van der Waals surface area contributed by atoms with Gasteiger partial charge in [-0.05, 0) is 30.5 Å². The standard InChI is InChI=1S/C21H25N3O3/c25-18-12-16(13-18)21(27)23-9-8-17-6-7-19(24(17)11-10-23)20(26)22-14-15-4-2-1-3-5-15/h1-7,16,18,25H,8-14H2,(H,22,26). The summed E-state index contributed by atoms with van der Waals surface area (Å²) < 4.78 is 2.03. The van der Waals surface area contributed by atoms with E-state index in [4.69, 9.17) is 0 Å². The van der Waals surface area contributed by atoms with E-state index in [9.17, 15) is 14.7 Å². The second-order valence-electron chi connectivity index (χ2n) is 7.43. The number of nitrogens with zero attached hydrogens (tertiary/aromatic N) is 2. The molecule has 2 amide bonds. The third-order valence-corrected chi connectivity index (χ3v) is 5.61. The number of hydrogen-bond acceptors (Lipinski definition) is 3. The van der Waals surface area contributed by atoms with Crippen LogP contribution in [0.3, 0.4) is 0 Å². The molecule has 0 atom stereocenters. The van der Waals surface area contributed by atoms with Gasteiger partial charge in [-0.2, -0.15) is 0 Å². The lowest BCUT2D eigenvalue weighted by Crippen LogP contribution is -2.44. The number of aliphatic hydroxyl groups excluding tert-OH is 1. The second-order valence-corrected chi connectivity index (χ2v) is 7.43. The number of amides is 2. The molecule has 4 rings (SSSR count). The first-order valence-corrected chi connectivity index (χ1v) is 9.59. The summed E-state index contributed by atoms with van der Waals surface area (Å²) in [5, 5.41) is 12.4. The van der Waals surface area contributed by atoms with E-state index in [1.807, 2.05) is 51.9 Å². The van der Waals surface area contributed by atoms with Crippen LogP contribution < -0.4 is 5.32 Å². The van der Waals surface area contributed by atoms with E-state index in [0.717, 1.165) is 17.7 Å². The van der Waals surface area contributed by atoms with Crippen LogP contribution in [0, 0.1) is 5.92 Å².